The van der Waals surface area contributed by atoms with Crippen LogP contribution in [0.1, 0.15) is 24.6 Å². The second kappa shape index (κ2) is 6.94. The molecule has 106 valence electrons. The average molecular weight is 271 g/mol. The van der Waals surface area contributed by atoms with Crippen LogP contribution in [-0.4, -0.2) is 11.2 Å². The summed E-state index contributed by atoms with van der Waals surface area (Å²) in [6.07, 6.45) is 1.86. The fourth-order valence-electron chi connectivity index (χ4n) is 2.14. The van der Waals surface area contributed by atoms with Crippen LogP contribution in [-0.2, 0) is 13.0 Å². The zero-order valence-corrected chi connectivity index (χ0v) is 12.1. The fourth-order valence-corrected chi connectivity index (χ4v) is 2.14. The number of hydrogen-bond donors (Lipinski definition) is 0. The molecule has 0 saturated heterocycles. The third kappa shape index (κ3) is 3.73. The Bertz CT molecular complexity index is 599. The number of pyridine rings is 1. The van der Waals surface area contributed by atoms with Crippen LogP contribution in [0.25, 0.3) is 0 Å². The minimum Gasteiger partial charge on any atom is -0.494 e. The lowest BCUT2D eigenvalue weighted by Crippen LogP contribution is -2.21. The summed E-state index contributed by atoms with van der Waals surface area (Å²) in [7, 11) is 0. The Kier molecular flexibility index (Phi) is 4.99. The molecular formula is C17H21NO2. The lowest BCUT2D eigenvalue weighted by atomic mass is 10.2. The zero-order valence-electron chi connectivity index (χ0n) is 12.1. The molecule has 0 aliphatic heterocycles. The average Bonchev–Trinajstić information content (AvgIpc) is 2.46. The van der Waals surface area contributed by atoms with Crippen LogP contribution in [0.2, 0.25) is 0 Å². The Labute approximate surface area is 119 Å². The van der Waals surface area contributed by atoms with Gasteiger partial charge in [0.15, 0.2) is 0 Å². The maximum Gasteiger partial charge on any atom is 0.250 e. The quantitative estimate of drug-likeness (QED) is 0.756. The fraction of sp³-hybridized carbons (Fsp3) is 0.353. The van der Waals surface area contributed by atoms with Gasteiger partial charge in [-0.25, -0.2) is 0 Å². The van der Waals surface area contributed by atoms with Crippen molar-refractivity contribution in [2.24, 2.45) is 0 Å². The minimum atomic E-state index is 0.0531. The van der Waals surface area contributed by atoms with Crippen molar-refractivity contribution >= 4 is 0 Å². The van der Waals surface area contributed by atoms with E-state index in [1.165, 1.54) is 5.56 Å². The van der Waals surface area contributed by atoms with Crippen molar-refractivity contribution in [3.8, 4) is 5.75 Å². The molecule has 0 unspecified atom stereocenters. The Morgan fingerprint density at radius 1 is 1.10 bits per heavy atom. The first-order valence-electron chi connectivity index (χ1n) is 7.09. The Morgan fingerprint density at radius 3 is 2.50 bits per heavy atom. The lowest BCUT2D eigenvalue weighted by molar-refractivity contribution is 0.300. The van der Waals surface area contributed by atoms with E-state index in [9.17, 15) is 4.79 Å². The van der Waals surface area contributed by atoms with Gasteiger partial charge in [-0.1, -0.05) is 25.1 Å². The van der Waals surface area contributed by atoms with E-state index in [1.54, 1.807) is 16.7 Å². The minimum absolute atomic E-state index is 0.0531. The second-order valence-electron chi connectivity index (χ2n) is 4.86. The number of benzene rings is 1. The summed E-state index contributed by atoms with van der Waals surface area (Å²) in [6, 6.07) is 13.5. The molecule has 0 saturated carbocycles. The number of aromatic nitrogens is 1. The Hall–Kier alpha value is -2.03. The normalized spacial score (nSPS) is 10.5. The summed E-state index contributed by atoms with van der Waals surface area (Å²) in [5.74, 6) is 0.888. The van der Waals surface area contributed by atoms with Crippen molar-refractivity contribution in [2.75, 3.05) is 6.61 Å². The highest BCUT2D eigenvalue weighted by Crippen LogP contribution is 2.12. The largest absolute Gasteiger partial charge is 0.494 e. The van der Waals surface area contributed by atoms with Crippen LogP contribution in [0.4, 0.5) is 0 Å². The van der Waals surface area contributed by atoms with E-state index in [2.05, 4.69) is 19.1 Å². The van der Waals surface area contributed by atoms with Gasteiger partial charge in [-0.3, -0.25) is 4.79 Å². The van der Waals surface area contributed by atoms with Crippen LogP contribution >= 0.6 is 0 Å². The van der Waals surface area contributed by atoms with Crippen LogP contribution in [0.5, 0.6) is 5.75 Å². The molecule has 0 radical (unpaired) electrons. The standard InChI is InChI=1S/C17H21NO2/c1-3-15-8-10-16(11-9-15)20-13-5-12-18-14(2)6-4-7-17(18)19/h4,6-11H,3,5,12-13H2,1-2H3. The number of nitrogens with zero attached hydrogens (tertiary/aromatic N) is 1. The van der Waals surface area contributed by atoms with Gasteiger partial charge >= 0.3 is 0 Å². The molecular weight excluding hydrogens is 250 g/mol. The topological polar surface area (TPSA) is 31.2 Å². The monoisotopic (exact) mass is 271 g/mol. The Balaban J connectivity index is 1.83. The maximum absolute atomic E-state index is 11.7. The molecule has 2 aromatic rings. The van der Waals surface area contributed by atoms with E-state index in [0.29, 0.717) is 13.2 Å². The molecule has 1 heterocycles. The Morgan fingerprint density at radius 2 is 1.85 bits per heavy atom. The molecule has 2 rings (SSSR count). The van der Waals surface area contributed by atoms with Crippen molar-refractivity contribution in [1.82, 2.24) is 4.57 Å². The molecule has 0 amide bonds. The predicted octanol–water partition coefficient (Wildman–Crippen LogP) is 3.19. The summed E-state index contributed by atoms with van der Waals surface area (Å²) < 4.78 is 7.47. The molecule has 0 spiro atoms. The van der Waals surface area contributed by atoms with Crippen molar-refractivity contribution in [3.05, 3.63) is 64.1 Å². The highest BCUT2D eigenvalue weighted by Gasteiger charge is 1.99. The molecule has 20 heavy (non-hydrogen) atoms. The van der Waals surface area contributed by atoms with Gasteiger partial charge in [-0.05, 0) is 43.5 Å². The molecule has 0 aliphatic rings. The smallest absolute Gasteiger partial charge is 0.250 e. The van der Waals surface area contributed by atoms with Gasteiger partial charge in [0.1, 0.15) is 5.75 Å². The van der Waals surface area contributed by atoms with Crippen molar-refractivity contribution in [2.45, 2.75) is 33.2 Å². The maximum atomic E-state index is 11.7. The molecule has 3 heteroatoms. The van der Waals surface area contributed by atoms with Crippen molar-refractivity contribution in [1.29, 1.82) is 0 Å². The van der Waals surface area contributed by atoms with Gasteiger partial charge in [-0.15, -0.1) is 0 Å². The summed E-state index contributed by atoms with van der Waals surface area (Å²) >= 11 is 0. The first-order chi connectivity index (χ1) is 9.70. The van der Waals surface area contributed by atoms with Crippen LogP contribution in [0, 0.1) is 6.92 Å². The highest BCUT2D eigenvalue weighted by molar-refractivity contribution is 5.27. The number of rotatable bonds is 6. The van der Waals surface area contributed by atoms with Gasteiger partial charge in [-0.2, -0.15) is 0 Å². The van der Waals surface area contributed by atoms with Gasteiger partial charge < -0.3 is 9.30 Å². The summed E-state index contributed by atoms with van der Waals surface area (Å²) in [5.41, 5.74) is 2.35. The molecule has 0 N–H and O–H groups in total. The third-order valence-corrected chi connectivity index (χ3v) is 3.39. The molecule has 0 bridgehead atoms. The van der Waals surface area contributed by atoms with Crippen LogP contribution in [0.3, 0.4) is 0 Å². The molecule has 0 fully saturated rings. The van der Waals surface area contributed by atoms with E-state index < -0.39 is 0 Å². The van der Waals surface area contributed by atoms with E-state index in [0.717, 1.165) is 24.3 Å². The molecule has 1 aromatic carbocycles. The molecule has 0 aliphatic carbocycles. The van der Waals surface area contributed by atoms with Gasteiger partial charge in [0.2, 0.25) is 0 Å². The number of aryl methyl sites for hydroxylation is 2. The van der Waals surface area contributed by atoms with Gasteiger partial charge in [0, 0.05) is 18.3 Å². The van der Waals surface area contributed by atoms with Crippen LogP contribution < -0.4 is 10.3 Å². The molecule has 1 aromatic heterocycles. The first kappa shape index (κ1) is 14.4. The zero-order chi connectivity index (χ0) is 14.4. The van der Waals surface area contributed by atoms with Crippen molar-refractivity contribution < 1.29 is 4.74 Å². The second-order valence-corrected chi connectivity index (χ2v) is 4.86. The molecule has 3 nitrogen and oxygen atoms in total. The van der Waals surface area contributed by atoms with Gasteiger partial charge in [0.05, 0.1) is 6.61 Å². The number of hydrogen-bond acceptors (Lipinski definition) is 2. The SMILES string of the molecule is CCc1ccc(OCCCn2c(C)cccc2=O)cc1. The highest BCUT2D eigenvalue weighted by atomic mass is 16.5. The summed E-state index contributed by atoms with van der Waals surface area (Å²) in [6.45, 7) is 5.40. The summed E-state index contributed by atoms with van der Waals surface area (Å²) in [4.78, 5) is 11.7. The van der Waals surface area contributed by atoms with E-state index >= 15 is 0 Å². The van der Waals surface area contributed by atoms with E-state index in [-0.39, 0.29) is 5.56 Å². The number of ether oxygens (including phenoxy) is 1. The van der Waals surface area contributed by atoms with E-state index in [4.69, 9.17) is 4.74 Å². The predicted molar refractivity (Wildman–Crippen MR) is 81.4 cm³/mol. The summed E-state index contributed by atoms with van der Waals surface area (Å²) in [5, 5.41) is 0. The third-order valence-electron chi connectivity index (χ3n) is 3.39. The van der Waals surface area contributed by atoms with E-state index in [1.807, 2.05) is 25.1 Å². The van der Waals surface area contributed by atoms with Crippen LogP contribution in [0.15, 0.2) is 47.3 Å². The molecule has 0 atom stereocenters. The first-order valence-corrected chi connectivity index (χ1v) is 7.09. The van der Waals surface area contributed by atoms with Crippen molar-refractivity contribution in [3.63, 3.8) is 0 Å². The lowest BCUT2D eigenvalue weighted by Gasteiger charge is -2.10. The van der Waals surface area contributed by atoms with Gasteiger partial charge in [0.25, 0.3) is 5.56 Å².